The van der Waals surface area contributed by atoms with Gasteiger partial charge in [0.25, 0.3) is 0 Å². The number of hydrogen-bond acceptors (Lipinski definition) is 4. The fourth-order valence-corrected chi connectivity index (χ4v) is 1.10. The van der Waals surface area contributed by atoms with E-state index >= 15 is 0 Å². The molecule has 0 spiro atoms. The summed E-state index contributed by atoms with van der Waals surface area (Å²) in [5, 5.41) is 19.0. The summed E-state index contributed by atoms with van der Waals surface area (Å²) in [7, 11) is 0. The Labute approximate surface area is 91.3 Å². The second kappa shape index (κ2) is 7.65. The van der Waals surface area contributed by atoms with Crippen molar-refractivity contribution in [3.8, 4) is 0 Å². The van der Waals surface area contributed by atoms with Gasteiger partial charge < -0.3 is 14.9 Å². The van der Waals surface area contributed by atoms with Crippen molar-refractivity contribution in [1.82, 2.24) is 0 Å². The van der Waals surface area contributed by atoms with Crippen molar-refractivity contribution >= 4 is 5.97 Å². The molecule has 0 fully saturated rings. The highest BCUT2D eigenvalue weighted by Crippen LogP contribution is 2.11. The van der Waals surface area contributed by atoms with Crippen LogP contribution in [-0.4, -0.2) is 35.0 Å². The number of ether oxygens (including phenoxy) is 1. The highest BCUT2D eigenvalue weighted by Gasteiger charge is 2.18. The Balaban J connectivity index is 3.72. The van der Waals surface area contributed by atoms with Gasteiger partial charge in [0.1, 0.15) is 0 Å². The number of esters is 1. The zero-order valence-electron chi connectivity index (χ0n) is 9.77. The lowest BCUT2D eigenvalue weighted by atomic mass is 10.00. The molecule has 0 bridgehead atoms. The minimum atomic E-state index is -0.813. The van der Waals surface area contributed by atoms with Crippen molar-refractivity contribution in [2.45, 2.75) is 52.2 Å². The second-order valence-corrected chi connectivity index (χ2v) is 4.13. The van der Waals surface area contributed by atoms with E-state index in [4.69, 9.17) is 4.74 Å². The van der Waals surface area contributed by atoms with Crippen molar-refractivity contribution in [3.63, 3.8) is 0 Å². The van der Waals surface area contributed by atoms with E-state index in [9.17, 15) is 15.0 Å². The molecule has 2 atom stereocenters. The predicted molar refractivity (Wildman–Crippen MR) is 57.3 cm³/mol. The standard InChI is InChI=1S/C11H22O4/c1-4-5-15-11(14)7-9(12)6-10(13)8(2)3/h8-10,12-13H,4-7H2,1-3H3/t9-,10+/m1/s1. The van der Waals surface area contributed by atoms with Crippen LogP contribution in [0.3, 0.4) is 0 Å². The van der Waals surface area contributed by atoms with E-state index in [1.807, 2.05) is 20.8 Å². The summed E-state index contributed by atoms with van der Waals surface area (Å²) < 4.78 is 4.82. The van der Waals surface area contributed by atoms with Crippen LogP contribution in [0.4, 0.5) is 0 Å². The zero-order chi connectivity index (χ0) is 11.8. The van der Waals surface area contributed by atoms with Gasteiger partial charge in [-0.05, 0) is 12.3 Å². The summed E-state index contributed by atoms with van der Waals surface area (Å²) in [4.78, 5) is 11.1. The fraction of sp³-hybridized carbons (Fsp3) is 0.909. The maximum absolute atomic E-state index is 11.1. The lowest BCUT2D eigenvalue weighted by molar-refractivity contribution is -0.146. The molecule has 0 aliphatic heterocycles. The highest BCUT2D eigenvalue weighted by atomic mass is 16.5. The van der Waals surface area contributed by atoms with Crippen molar-refractivity contribution in [2.24, 2.45) is 5.92 Å². The first-order valence-electron chi connectivity index (χ1n) is 5.49. The van der Waals surface area contributed by atoms with Gasteiger partial charge in [-0.3, -0.25) is 4.79 Å². The molecule has 0 aromatic rings. The van der Waals surface area contributed by atoms with E-state index in [1.54, 1.807) is 0 Å². The molecule has 0 radical (unpaired) electrons. The summed E-state index contributed by atoms with van der Waals surface area (Å²) >= 11 is 0. The molecular formula is C11H22O4. The smallest absolute Gasteiger partial charge is 0.308 e. The van der Waals surface area contributed by atoms with Crippen LogP contribution in [-0.2, 0) is 9.53 Å². The molecule has 0 heterocycles. The first-order chi connectivity index (χ1) is 6.97. The Kier molecular flexibility index (Phi) is 7.34. The third-order valence-corrected chi connectivity index (χ3v) is 2.15. The first kappa shape index (κ1) is 14.4. The van der Waals surface area contributed by atoms with Crippen molar-refractivity contribution in [2.75, 3.05) is 6.61 Å². The Morgan fingerprint density at radius 3 is 2.40 bits per heavy atom. The average molecular weight is 218 g/mol. The number of carbonyl (C=O) groups excluding carboxylic acids is 1. The molecule has 90 valence electrons. The zero-order valence-corrected chi connectivity index (χ0v) is 9.77. The number of rotatable bonds is 7. The number of hydrogen-bond donors (Lipinski definition) is 2. The van der Waals surface area contributed by atoms with Gasteiger partial charge in [0.05, 0.1) is 25.2 Å². The monoisotopic (exact) mass is 218 g/mol. The lowest BCUT2D eigenvalue weighted by Gasteiger charge is -2.17. The lowest BCUT2D eigenvalue weighted by Crippen LogP contribution is -2.25. The summed E-state index contributed by atoms with van der Waals surface area (Å²) in [6.07, 6.45) is -0.426. The van der Waals surface area contributed by atoms with E-state index in [2.05, 4.69) is 0 Å². The maximum atomic E-state index is 11.1. The van der Waals surface area contributed by atoms with Crippen LogP contribution in [0, 0.1) is 5.92 Å². The molecule has 0 aliphatic carbocycles. The number of aliphatic hydroxyl groups is 2. The Bertz CT molecular complexity index is 179. The minimum absolute atomic E-state index is 0.0379. The molecule has 0 amide bonds. The topological polar surface area (TPSA) is 66.8 Å². The average Bonchev–Trinajstić information content (AvgIpc) is 2.14. The van der Waals surface area contributed by atoms with E-state index in [0.717, 1.165) is 6.42 Å². The predicted octanol–water partition coefficient (Wildman–Crippen LogP) is 1.10. The quantitative estimate of drug-likeness (QED) is 0.628. The van der Waals surface area contributed by atoms with Crippen LogP contribution in [0.25, 0.3) is 0 Å². The van der Waals surface area contributed by atoms with Crippen molar-refractivity contribution in [3.05, 3.63) is 0 Å². The van der Waals surface area contributed by atoms with Gasteiger partial charge in [0.2, 0.25) is 0 Å². The third-order valence-electron chi connectivity index (χ3n) is 2.15. The van der Waals surface area contributed by atoms with Gasteiger partial charge in [0, 0.05) is 6.42 Å². The molecule has 0 aromatic heterocycles. The van der Waals surface area contributed by atoms with Crippen LogP contribution in [0.15, 0.2) is 0 Å². The van der Waals surface area contributed by atoms with Gasteiger partial charge in [-0.25, -0.2) is 0 Å². The Morgan fingerprint density at radius 2 is 1.93 bits per heavy atom. The van der Waals surface area contributed by atoms with E-state index in [-0.39, 0.29) is 18.8 Å². The van der Waals surface area contributed by atoms with Crippen molar-refractivity contribution in [1.29, 1.82) is 0 Å². The van der Waals surface area contributed by atoms with E-state index in [0.29, 0.717) is 6.61 Å². The molecule has 0 unspecified atom stereocenters. The van der Waals surface area contributed by atoms with E-state index < -0.39 is 18.2 Å². The number of carbonyl (C=O) groups is 1. The second-order valence-electron chi connectivity index (χ2n) is 4.13. The van der Waals surface area contributed by atoms with Crippen molar-refractivity contribution < 1.29 is 19.7 Å². The third kappa shape index (κ3) is 7.33. The molecule has 0 aromatic carbocycles. The van der Waals surface area contributed by atoms with Crippen LogP contribution in [0.2, 0.25) is 0 Å². The Hall–Kier alpha value is -0.610. The van der Waals surface area contributed by atoms with Gasteiger partial charge >= 0.3 is 5.97 Å². The maximum Gasteiger partial charge on any atom is 0.308 e. The molecule has 0 aliphatic rings. The van der Waals surface area contributed by atoms with Gasteiger partial charge in [0.15, 0.2) is 0 Å². The summed E-state index contributed by atoms with van der Waals surface area (Å²) in [6, 6.07) is 0. The van der Waals surface area contributed by atoms with Gasteiger partial charge in [-0.15, -0.1) is 0 Å². The fourth-order valence-electron chi connectivity index (χ4n) is 1.10. The Morgan fingerprint density at radius 1 is 1.33 bits per heavy atom. The van der Waals surface area contributed by atoms with Crippen LogP contribution < -0.4 is 0 Å². The highest BCUT2D eigenvalue weighted by molar-refractivity contribution is 5.69. The molecular weight excluding hydrogens is 196 g/mol. The largest absolute Gasteiger partial charge is 0.466 e. The number of aliphatic hydroxyl groups excluding tert-OH is 2. The van der Waals surface area contributed by atoms with Gasteiger partial charge in [-0.1, -0.05) is 20.8 Å². The summed E-state index contributed by atoms with van der Waals surface area (Å²) in [5.74, 6) is -0.313. The summed E-state index contributed by atoms with van der Waals surface area (Å²) in [6.45, 7) is 6.03. The summed E-state index contributed by atoms with van der Waals surface area (Å²) in [5.41, 5.74) is 0. The van der Waals surface area contributed by atoms with Crippen LogP contribution in [0.5, 0.6) is 0 Å². The molecule has 4 heteroatoms. The molecule has 15 heavy (non-hydrogen) atoms. The minimum Gasteiger partial charge on any atom is -0.466 e. The normalized spacial score (nSPS) is 15.1. The van der Waals surface area contributed by atoms with Crippen LogP contribution >= 0.6 is 0 Å². The first-order valence-corrected chi connectivity index (χ1v) is 5.49. The molecule has 0 saturated heterocycles. The molecule has 4 nitrogen and oxygen atoms in total. The van der Waals surface area contributed by atoms with Gasteiger partial charge in [-0.2, -0.15) is 0 Å². The van der Waals surface area contributed by atoms with Crippen LogP contribution in [0.1, 0.15) is 40.0 Å². The molecule has 0 saturated carbocycles. The van der Waals surface area contributed by atoms with E-state index in [1.165, 1.54) is 0 Å². The molecule has 0 rings (SSSR count). The SMILES string of the molecule is CCCOC(=O)C[C@H](O)C[C@H](O)C(C)C. The molecule has 2 N–H and O–H groups in total.